The highest BCUT2D eigenvalue weighted by Gasteiger charge is 2.69. The van der Waals surface area contributed by atoms with Crippen molar-refractivity contribution in [2.24, 2.45) is 56.7 Å². The molecule has 5 rings (SSSR count). The highest BCUT2D eigenvalue weighted by molar-refractivity contribution is 5.79. The van der Waals surface area contributed by atoms with E-state index in [0.717, 1.165) is 51.4 Å². The topological polar surface area (TPSA) is 46.5 Å². The van der Waals surface area contributed by atoms with E-state index in [2.05, 4.69) is 61.5 Å². The van der Waals surface area contributed by atoms with Gasteiger partial charge in [0.2, 0.25) is 0 Å². The fourth-order valence-corrected chi connectivity index (χ4v) is 11.2. The van der Waals surface area contributed by atoms with Crippen LogP contribution in [0, 0.1) is 56.7 Å². The van der Waals surface area contributed by atoms with E-state index in [1.807, 2.05) is 0 Å². The van der Waals surface area contributed by atoms with E-state index >= 15 is 0 Å². The SMILES string of the molecule is CCCOC(=O)[C@]12CC[C@@H](C)[C@H](C)[C@H]1C1=CC[C@@H]3[C@@]4(C)CC[C@H](O)C(C)(C)C4CC[C@@]3(C)[C@]1(C)CC2. The maximum atomic E-state index is 13.8. The van der Waals surface area contributed by atoms with Gasteiger partial charge in [0.1, 0.15) is 0 Å². The van der Waals surface area contributed by atoms with Gasteiger partial charge in [0.15, 0.2) is 0 Å². The number of rotatable bonds is 3. The van der Waals surface area contributed by atoms with Gasteiger partial charge in [0.05, 0.1) is 18.1 Å². The van der Waals surface area contributed by atoms with Crippen LogP contribution in [0.4, 0.5) is 0 Å². The van der Waals surface area contributed by atoms with Crippen LogP contribution in [0.15, 0.2) is 11.6 Å². The molecule has 10 atom stereocenters. The Morgan fingerprint density at radius 1 is 0.972 bits per heavy atom. The second-order valence-electron chi connectivity index (χ2n) is 15.3. The molecule has 204 valence electrons. The molecule has 5 aliphatic carbocycles. The van der Waals surface area contributed by atoms with Crippen LogP contribution < -0.4 is 0 Å². The lowest BCUT2D eigenvalue weighted by atomic mass is 9.33. The number of aliphatic hydroxyl groups excluding tert-OH is 1. The van der Waals surface area contributed by atoms with Crippen molar-refractivity contribution in [2.75, 3.05) is 6.61 Å². The molecule has 0 spiro atoms. The third kappa shape index (κ3) is 3.29. The molecule has 0 heterocycles. The van der Waals surface area contributed by atoms with Gasteiger partial charge in [-0.1, -0.05) is 67.0 Å². The number of fused-ring (bicyclic) bond motifs is 7. The van der Waals surface area contributed by atoms with E-state index < -0.39 is 0 Å². The average molecular weight is 499 g/mol. The summed E-state index contributed by atoms with van der Waals surface area (Å²) < 4.78 is 5.95. The molecule has 0 radical (unpaired) electrons. The molecular weight excluding hydrogens is 444 g/mol. The molecule has 0 bridgehead atoms. The van der Waals surface area contributed by atoms with E-state index in [9.17, 15) is 9.90 Å². The molecule has 0 amide bonds. The summed E-state index contributed by atoms with van der Waals surface area (Å²) in [7, 11) is 0. The van der Waals surface area contributed by atoms with Gasteiger partial charge in [-0.15, -0.1) is 0 Å². The number of carbonyl (C=O) groups is 1. The second kappa shape index (κ2) is 8.59. The van der Waals surface area contributed by atoms with Crippen molar-refractivity contribution in [3.63, 3.8) is 0 Å². The van der Waals surface area contributed by atoms with E-state index in [1.54, 1.807) is 5.57 Å². The molecule has 0 saturated heterocycles. The number of allylic oxidation sites excluding steroid dienone is 2. The van der Waals surface area contributed by atoms with Gasteiger partial charge in [-0.25, -0.2) is 0 Å². The number of hydrogen-bond acceptors (Lipinski definition) is 3. The number of aliphatic hydroxyl groups is 1. The van der Waals surface area contributed by atoms with Crippen molar-refractivity contribution in [3.8, 4) is 0 Å². The Balaban J connectivity index is 1.58. The number of carbonyl (C=O) groups excluding carboxylic acids is 1. The van der Waals surface area contributed by atoms with Crippen molar-refractivity contribution >= 4 is 5.97 Å². The normalized spacial score (nSPS) is 51.6. The minimum absolute atomic E-state index is 0.0166. The fourth-order valence-electron chi connectivity index (χ4n) is 11.2. The minimum atomic E-state index is -0.326. The van der Waals surface area contributed by atoms with Crippen molar-refractivity contribution in [1.29, 1.82) is 0 Å². The Bertz CT molecular complexity index is 920. The van der Waals surface area contributed by atoms with Crippen molar-refractivity contribution in [3.05, 3.63) is 11.6 Å². The zero-order chi connectivity index (χ0) is 26.3. The highest BCUT2D eigenvalue weighted by atomic mass is 16.5. The van der Waals surface area contributed by atoms with Gasteiger partial charge in [-0.05, 0) is 115 Å². The van der Waals surface area contributed by atoms with Crippen LogP contribution in [0.2, 0.25) is 0 Å². The van der Waals surface area contributed by atoms with Gasteiger partial charge in [-0.2, -0.15) is 0 Å². The maximum Gasteiger partial charge on any atom is 0.312 e. The lowest BCUT2D eigenvalue weighted by Crippen LogP contribution is -2.65. The van der Waals surface area contributed by atoms with Gasteiger partial charge >= 0.3 is 5.97 Å². The Morgan fingerprint density at radius 3 is 2.39 bits per heavy atom. The summed E-state index contributed by atoms with van der Waals surface area (Å²) in [5.74, 6) is 2.78. The zero-order valence-corrected chi connectivity index (χ0v) is 24.6. The Morgan fingerprint density at radius 2 is 1.69 bits per heavy atom. The molecule has 5 aliphatic rings. The molecule has 0 aromatic carbocycles. The zero-order valence-electron chi connectivity index (χ0n) is 24.6. The fraction of sp³-hybridized carbons (Fsp3) is 0.909. The first-order valence-corrected chi connectivity index (χ1v) is 15.4. The summed E-state index contributed by atoms with van der Waals surface area (Å²) in [6.07, 6.45) is 13.3. The van der Waals surface area contributed by atoms with Crippen LogP contribution >= 0.6 is 0 Å². The van der Waals surface area contributed by atoms with Crippen LogP contribution in [0.3, 0.4) is 0 Å². The maximum absolute atomic E-state index is 13.8. The highest BCUT2D eigenvalue weighted by Crippen LogP contribution is 2.75. The monoisotopic (exact) mass is 498 g/mol. The number of ether oxygens (including phenoxy) is 1. The second-order valence-corrected chi connectivity index (χ2v) is 15.3. The van der Waals surface area contributed by atoms with Gasteiger partial charge < -0.3 is 9.84 Å². The molecule has 4 saturated carbocycles. The molecule has 1 N–H and O–H groups in total. The summed E-state index contributed by atoms with van der Waals surface area (Å²) in [4.78, 5) is 13.8. The smallest absolute Gasteiger partial charge is 0.312 e. The van der Waals surface area contributed by atoms with E-state index in [1.165, 1.54) is 12.8 Å². The molecular formula is C33H54O3. The van der Waals surface area contributed by atoms with Crippen molar-refractivity contribution in [2.45, 2.75) is 126 Å². The van der Waals surface area contributed by atoms with Crippen LogP contribution in [0.5, 0.6) is 0 Å². The molecule has 3 heteroatoms. The summed E-state index contributed by atoms with van der Waals surface area (Å²) in [6, 6.07) is 0. The first kappa shape index (κ1) is 26.8. The minimum Gasteiger partial charge on any atom is -0.465 e. The molecule has 0 aromatic heterocycles. The average Bonchev–Trinajstić information content (AvgIpc) is 2.83. The summed E-state index contributed by atoms with van der Waals surface area (Å²) in [5.41, 5.74) is 1.92. The third-order valence-corrected chi connectivity index (χ3v) is 13.8. The van der Waals surface area contributed by atoms with E-state index in [4.69, 9.17) is 4.74 Å². The third-order valence-electron chi connectivity index (χ3n) is 13.8. The van der Waals surface area contributed by atoms with Gasteiger partial charge in [-0.3, -0.25) is 4.79 Å². The quantitative estimate of drug-likeness (QED) is 0.317. The first-order chi connectivity index (χ1) is 16.8. The predicted molar refractivity (Wildman–Crippen MR) is 146 cm³/mol. The van der Waals surface area contributed by atoms with Crippen molar-refractivity contribution < 1.29 is 14.6 Å². The van der Waals surface area contributed by atoms with Gasteiger partial charge in [0, 0.05) is 0 Å². The molecule has 0 aromatic rings. The van der Waals surface area contributed by atoms with Crippen molar-refractivity contribution in [1.82, 2.24) is 0 Å². The Labute approximate surface area is 221 Å². The molecule has 1 unspecified atom stereocenters. The van der Waals surface area contributed by atoms with E-state index in [0.29, 0.717) is 36.2 Å². The molecule has 4 fully saturated rings. The van der Waals surface area contributed by atoms with E-state index in [-0.39, 0.29) is 39.1 Å². The van der Waals surface area contributed by atoms with Crippen LogP contribution in [-0.2, 0) is 9.53 Å². The largest absolute Gasteiger partial charge is 0.465 e. The number of esters is 1. The van der Waals surface area contributed by atoms with Gasteiger partial charge in [0.25, 0.3) is 0 Å². The lowest BCUT2D eigenvalue weighted by Gasteiger charge is -2.71. The first-order valence-electron chi connectivity index (χ1n) is 15.4. The molecule has 0 aliphatic heterocycles. The summed E-state index contributed by atoms with van der Waals surface area (Å²) in [6.45, 7) is 19.9. The van der Waals surface area contributed by atoms with Crippen LogP contribution in [0.1, 0.15) is 120 Å². The lowest BCUT2D eigenvalue weighted by molar-refractivity contribution is -0.207. The Hall–Kier alpha value is -0.830. The standard InChI is InChI=1S/C33H54O3/c1-9-20-36-28(35)33-17-12-21(2)22(3)27(33)23-10-11-25-30(6)15-14-26(34)29(4,5)24(30)13-16-32(25,8)31(23,7)18-19-33/h10,21-22,24-27,34H,9,11-20H2,1-8H3/t21-,22+,24?,25-,26+,27+,30+,31-,32-,33+/m1/s1. The van der Waals surface area contributed by atoms with Crippen LogP contribution in [-0.4, -0.2) is 23.8 Å². The van der Waals surface area contributed by atoms with Crippen LogP contribution in [0.25, 0.3) is 0 Å². The predicted octanol–water partition coefficient (Wildman–Crippen LogP) is 7.96. The summed E-state index contributed by atoms with van der Waals surface area (Å²) in [5, 5.41) is 11.0. The molecule has 36 heavy (non-hydrogen) atoms. The Kier molecular flexibility index (Phi) is 6.38. The molecule has 3 nitrogen and oxygen atoms in total. The summed E-state index contributed by atoms with van der Waals surface area (Å²) >= 11 is 0. The number of hydrogen-bond donors (Lipinski definition) is 1.